The molecule has 2 rings (SSSR count). The SMILES string of the molecule is CC(=O)c1csc(C(=O)N2CCC(C(C)O)C2)c1. The van der Waals surface area contributed by atoms with Crippen LogP contribution in [0.25, 0.3) is 0 Å². The first-order valence-electron chi connectivity index (χ1n) is 6.06. The standard InChI is InChI=1S/C13H17NO3S/c1-8(15)10-3-4-14(6-10)13(17)12-5-11(7-18-12)9(2)16/h5,7-8,10,15H,3-4,6H2,1-2H3. The van der Waals surface area contributed by atoms with E-state index in [-0.39, 0.29) is 23.7 Å². The zero-order valence-electron chi connectivity index (χ0n) is 10.5. The molecule has 2 unspecified atom stereocenters. The van der Waals surface area contributed by atoms with Crippen molar-refractivity contribution in [3.63, 3.8) is 0 Å². The van der Waals surface area contributed by atoms with Crippen LogP contribution in [-0.4, -0.2) is 40.9 Å². The maximum Gasteiger partial charge on any atom is 0.263 e. The number of aliphatic hydroxyl groups excluding tert-OH is 1. The maximum atomic E-state index is 12.2. The number of likely N-dealkylation sites (tertiary alicyclic amines) is 1. The molecule has 1 aromatic heterocycles. The molecule has 1 aliphatic heterocycles. The summed E-state index contributed by atoms with van der Waals surface area (Å²) in [7, 11) is 0. The first-order chi connectivity index (χ1) is 8.49. The highest BCUT2D eigenvalue weighted by Crippen LogP contribution is 2.24. The van der Waals surface area contributed by atoms with Crippen molar-refractivity contribution in [3.05, 3.63) is 21.9 Å². The van der Waals surface area contributed by atoms with Gasteiger partial charge in [-0.1, -0.05) is 0 Å². The Balaban J connectivity index is 2.05. The van der Waals surface area contributed by atoms with Crippen LogP contribution in [0.15, 0.2) is 11.4 Å². The molecule has 1 N–H and O–H groups in total. The molecule has 0 spiro atoms. The van der Waals surface area contributed by atoms with Crippen molar-refractivity contribution in [2.24, 2.45) is 5.92 Å². The highest BCUT2D eigenvalue weighted by Gasteiger charge is 2.30. The molecular weight excluding hydrogens is 250 g/mol. The Bertz CT molecular complexity index is 467. The molecule has 0 bridgehead atoms. The number of amides is 1. The predicted molar refractivity (Wildman–Crippen MR) is 70.0 cm³/mol. The Labute approximate surface area is 110 Å². The van der Waals surface area contributed by atoms with Crippen LogP contribution >= 0.6 is 11.3 Å². The second-order valence-corrected chi connectivity index (χ2v) is 5.71. The highest BCUT2D eigenvalue weighted by atomic mass is 32.1. The molecule has 18 heavy (non-hydrogen) atoms. The number of Topliss-reactive ketones (excluding diaryl/α,β-unsaturated/α-hetero) is 1. The van der Waals surface area contributed by atoms with E-state index in [2.05, 4.69) is 0 Å². The Hall–Kier alpha value is -1.20. The molecular formula is C13H17NO3S. The van der Waals surface area contributed by atoms with Crippen molar-refractivity contribution in [2.45, 2.75) is 26.4 Å². The molecule has 1 amide bonds. The van der Waals surface area contributed by atoms with Gasteiger partial charge in [-0.2, -0.15) is 0 Å². The second kappa shape index (κ2) is 5.20. The quantitative estimate of drug-likeness (QED) is 0.849. The number of thiophene rings is 1. The van der Waals surface area contributed by atoms with E-state index in [0.717, 1.165) is 6.42 Å². The van der Waals surface area contributed by atoms with Gasteiger partial charge < -0.3 is 10.0 Å². The van der Waals surface area contributed by atoms with Crippen LogP contribution in [0.5, 0.6) is 0 Å². The van der Waals surface area contributed by atoms with Gasteiger partial charge in [-0.3, -0.25) is 9.59 Å². The number of aliphatic hydroxyl groups is 1. The fraction of sp³-hybridized carbons (Fsp3) is 0.538. The van der Waals surface area contributed by atoms with Gasteiger partial charge in [-0.15, -0.1) is 11.3 Å². The average molecular weight is 267 g/mol. The smallest absolute Gasteiger partial charge is 0.263 e. The summed E-state index contributed by atoms with van der Waals surface area (Å²) in [6.45, 7) is 4.54. The lowest BCUT2D eigenvalue weighted by Gasteiger charge is -2.16. The van der Waals surface area contributed by atoms with Crippen molar-refractivity contribution in [3.8, 4) is 0 Å². The molecule has 2 heterocycles. The summed E-state index contributed by atoms with van der Waals surface area (Å²) >= 11 is 1.31. The molecule has 0 aliphatic carbocycles. The molecule has 2 atom stereocenters. The van der Waals surface area contributed by atoms with E-state index in [0.29, 0.717) is 23.5 Å². The minimum Gasteiger partial charge on any atom is -0.393 e. The maximum absolute atomic E-state index is 12.2. The van der Waals surface area contributed by atoms with E-state index in [4.69, 9.17) is 0 Å². The summed E-state index contributed by atoms with van der Waals surface area (Å²) in [4.78, 5) is 25.7. The third kappa shape index (κ3) is 2.62. The summed E-state index contributed by atoms with van der Waals surface area (Å²) in [6, 6.07) is 1.66. The van der Waals surface area contributed by atoms with Gasteiger partial charge in [-0.25, -0.2) is 0 Å². The van der Waals surface area contributed by atoms with Crippen molar-refractivity contribution in [2.75, 3.05) is 13.1 Å². The van der Waals surface area contributed by atoms with Gasteiger partial charge in [0.2, 0.25) is 0 Å². The van der Waals surface area contributed by atoms with Crippen LogP contribution in [0.2, 0.25) is 0 Å². The first kappa shape index (κ1) is 13.2. The van der Waals surface area contributed by atoms with E-state index >= 15 is 0 Å². The van der Waals surface area contributed by atoms with Crippen LogP contribution in [0.3, 0.4) is 0 Å². The number of carbonyl (C=O) groups is 2. The van der Waals surface area contributed by atoms with Crippen molar-refractivity contribution < 1.29 is 14.7 Å². The fourth-order valence-corrected chi connectivity index (χ4v) is 3.07. The Morgan fingerprint density at radius 3 is 2.78 bits per heavy atom. The Morgan fingerprint density at radius 2 is 2.28 bits per heavy atom. The number of nitrogens with zero attached hydrogens (tertiary/aromatic N) is 1. The molecule has 1 saturated heterocycles. The highest BCUT2D eigenvalue weighted by molar-refractivity contribution is 7.12. The summed E-state index contributed by atoms with van der Waals surface area (Å²) < 4.78 is 0. The van der Waals surface area contributed by atoms with E-state index in [9.17, 15) is 14.7 Å². The summed E-state index contributed by atoms with van der Waals surface area (Å²) in [5, 5.41) is 11.2. The van der Waals surface area contributed by atoms with Crippen LogP contribution in [0.1, 0.15) is 40.3 Å². The molecule has 5 heteroatoms. The van der Waals surface area contributed by atoms with Crippen molar-refractivity contribution >= 4 is 23.0 Å². The third-order valence-corrected chi connectivity index (χ3v) is 4.33. The molecule has 1 fully saturated rings. The van der Waals surface area contributed by atoms with Crippen molar-refractivity contribution in [1.29, 1.82) is 0 Å². The number of carbonyl (C=O) groups excluding carboxylic acids is 2. The first-order valence-corrected chi connectivity index (χ1v) is 6.94. The van der Waals surface area contributed by atoms with Crippen LogP contribution in [-0.2, 0) is 0 Å². The minimum absolute atomic E-state index is 0.0198. The van der Waals surface area contributed by atoms with Crippen LogP contribution < -0.4 is 0 Å². The zero-order chi connectivity index (χ0) is 13.3. The van der Waals surface area contributed by atoms with Gasteiger partial charge in [0.15, 0.2) is 5.78 Å². The van der Waals surface area contributed by atoms with E-state index in [1.807, 2.05) is 0 Å². The van der Waals surface area contributed by atoms with Gasteiger partial charge in [-0.05, 0) is 26.3 Å². The second-order valence-electron chi connectivity index (χ2n) is 4.80. The monoisotopic (exact) mass is 267 g/mol. The van der Waals surface area contributed by atoms with Gasteiger partial charge in [0.25, 0.3) is 5.91 Å². The molecule has 98 valence electrons. The zero-order valence-corrected chi connectivity index (χ0v) is 11.4. The van der Waals surface area contributed by atoms with Gasteiger partial charge in [0, 0.05) is 30.0 Å². The average Bonchev–Trinajstić information content (AvgIpc) is 2.97. The van der Waals surface area contributed by atoms with Crippen LogP contribution in [0, 0.1) is 5.92 Å². The fourth-order valence-electron chi connectivity index (χ4n) is 2.15. The minimum atomic E-state index is -0.376. The predicted octanol–water partition coefficient (Wildman–Crippen LogP) is 1.79. The molecule has 0 radical (unpaired) electrons. The summed E-state index contributed by atoms with van der Waals surface area (Å²) in [6.07, 6.45) is 0.466. The van der Waals surface area contributed by atoms with Crippen LogP contribution in [0.4, 0.5) is 0 Å². The molecule has 1 aliphatic rings. The lowest BCUT2D eigenvalue weighted by Crippen LogP contribution is -2.29. The lowest BCUT2D eigenvalue weighted by atomic mass is 10.0. The normalized spacial score (nSPS) is 21.1. The van der Waals surface area contributed by atoms with E-state index < -0.39 is 0 Å². The number of rotatable bonds is 3. The Kier molecular flexibility index (Phi) is 3.82. The summed E-state index contributed by atoms with van der Waals surface area (Å²) in [5.74, 6) is 0.116. The van der Waals surface area contributed by atoms with Gasteiger partial charge in [0.1, 0.15) is 0 Å². The summed E-state index contributed by atoms with van der Waals surface area (Å²) in [5.41, 5.74) is 0.592. The number of ketones is 1. The molecule has 1 aromatic rings. The van der Waals surface area contributed by atoms with Gasteiger partial charge in [0.05, 0.1) is 11.0 Å². The van der Waals surface area contributed by atoms with Crippen molar-refractivity contribution in [1.82, 2.24) is 4.90 Å². The van der Waals surface area contributed by atoms with E-state index in [1.54, 1.807) is 23.3 Å². The molecule has 0 aromatic carbocycles. The number of hydrogen-bond donors (Lipinski definition) is 1. The molecule has 0 saturated carbocycles. The van der Waals surface area contributed by atoms with Gasteiger partial charge >= 0.3 is 0 Å². The Morgan fingerprint density at radius 1 is 1.56 bits per heavy atom. The lowest BCUT2D eigenvalue weighted by molar-refractivity contribution is 0.0767. The topological polar surface area (TPSA) is 57.6 Å². The number of hydrogen-bond acceptors (Lipinski definition) is 4. The largest absolute Gasteiger partial charge is 0.393 e. The third-order valence-electron chi connectivity index (χ3n) is 3.41. The van der Waals surface area contributed by atoms with E-state index in [1.165, 1.54) is 18.3 Å². The molecule has 4 nitrogen and oxygen atoms in total.